The molecule has 0 spiro atoms. The third kappa shape index (κ3) is 5.18. The zero-order chi connectivity index (χ0) is 23.4. The zero-order valence-corrected chi connectivity index (χ0v) is 19.0. The van der Waals surface area contributed by atoms with Crippen LogP contribution in [-0.2, 0) is 13.1 Å². The molecule has 0 bridgehead atoms. The third-order valence-corrected chi connectivity index (χ3v) is 6.35. The van der Waals surface area contributed by atoms with E-state index in [1.807, 2.05) is 30.5 Å². The van der Waals surface area contributed by atoms with Gasteiger partial charge in [-0.15, -0.1) is 11.3 Å². The van der Waals surface area contributed by atoms with Gasteiger partial charge in [0, 0.05) is 16.1 Å². The summed E-state index contributed by atoms with van der Waals surface area (Å²) in [6.45, 7) is 4.69. The van der Waals surface area contributed by atoms with Crippen molar-refractivity contribution in [1.82, 2.24) is 9.88 Å². The molecule has 2 aromatic carbocycles. The summed E-state index contributed by atoms with van der Waals surface area (Å²) in [6.07, 6.45) is 1.56. The molecule has 2 amide bonds. The number of nitrogens with one attached hydrogen (secondary N) is 1. The van der Waals surface area contributed by atoms with Crippen LogP contribution in [0.4, 0.5) is 4.39 Å². The van der Waals surface area contributed by atoms with Crippen molar-refractivity contribution in [2.75, 3.05) is 0 Å². The number of aromatic nitrogens is 1. The van der Waals surface area contributed by atoms with Crippen molar-refractivity contribution in [3.8, 4) is 0 Å². The molecule has 4 aromatic rings. The predicted octanol–water partition coefficient (Wildman–Crippen LogP) is 4.62. The lowest BCUT2D eigenvalue weighted by Crippen LogP contribution is -2.22. The molecule has 2 aromatic heterocycles. The molecule has 2 heterocycles. The molecule has 0 saturated heterocycles. The summed E-state index contributed by atoms with van der Waals surface area (Å²) in [4.78, 5) is 30.6. The molecule has 0 radical (unpaired) electrons. The second-order valence-electron chi connectivity index (χ2n) is 7.47. The Balaban J connectivity index is 1.53. The highest BCUT2D eigenvalue weighted by atomic mass is 32.1. The van der Waals surface area contributed by atoms with Gasteiger partial charge in [0.05, 0.1) is 24.9 Å². The summed E-state index contributed by atoms with van der Waals surface area (Å²) >= 11 is 1.38. The number of benzene rings is 2. The van der Waals surface area contributed by atoms with Crippen molar-refractivity contribution in [2.24, 2.45) is 4.99 Å². The number of amides is 2. The number of thiazole rings is 1. The summed E-state index contributed by atoms with van der Waals surface area (Å²) in [5.41, 5.74) is 2.39. The molecule has 0 unspecified atom stereocenters. The summed E-state index contributed by atoms with van der Waals surface area (Å²) in [5.74, 6) is -0.726. The Morgan fingerprint density at radius 3 is 2.52 bits per heavy atom. The van der Waals surface area contributed by atoms with Gasteiger partial charge in [-0.1, -0.05) is 24.3 Å². The lowest BCUT2D eigenvalue weighted by Gasteiger charge is -2.08. The number of hydrogen-bond donors (Lipinski definition) is 1. The highest BCUT2D eigenvalue weighted by Gasteiger charge is 2.13. The van der Waals surface area contributed by atoms with E-state index in [0.29, 0.717) is 29.2 Å². The number of aryl methyl sites for hydroxylation is 1. The van der Waals surface area contributed by atoms with E-state index in [-0.39, 0.29) is 11.5 Å². The Morgan fingerprint density at radius 1 is 1.06 bits per heavy atom. The van der Waals surface area contributed by atoms with Crippen molar-refractivity contribution in [3.05, 3.63) is 111 Å². The van der Waals surface area contributed by atoms with Crippen LogP contribution in [0.3, 0.4) is 0 Å². The van der Waals surface area contributed by atoms with Gasteiger partial charge in [0.2, 0.25) is 0 Å². The lowest BCUT2D eigenvalue weighted by molar-refractivity contribution is 0.0946. The quantitative estimate of drug-likeness (QED) is 0.453. The second kappa shape index (κ2) is 9.79. The summed E-state index contributed by atoms with van der Waals surface area (Å²) < 4.78 is 21.1. The van der Waals surface area contributed by atoms with Gasteiger partial charge in [0.15, 0.2) is 4.80 Å². The molecular weight excluding hydrogens is 441 g/mol. The number of hydrogen-bond acceptors (Lipinski definition) is 4. The molecule has 0 saturated carbocycles. The van der Waals surface area contributed by atoms with Gasteiger partial charge in [0.25, 0.3) is 11.8 Å². The van der Waals surface area contributed by atoms with Gasteiger partial charge in [-0.25, -0.2) is 4.39 Å². The molecule has 6 nitrogen and oxygen atoms in total. The number of carbonyl (C=O) groups excluding carboxylic acids is 2. The molecule has 0 atom stereocenters. The van der Waals surface area contributed by atoms with E-state index in [4.69, 9.17) is 4.42 Å². The Kier molecular flexibility index (Phi) is 6.65. The van der Waals surface area contributed by atoms with E-state index in [9.17, 15) is 14.0 Å². The first-order valence-corrected chi connectivity index (χ1v) is 11.1. The van der Waals surface area contributed by atoms with E-state index in [1.54, 1.807) is 36.6 Å². The second-order valence-corrected chi connectivity index (χ2v) is 8.65. The average molecular weight is 464 g/mol. The van der Waals surface area contributed by atoms with Crippen molar-refractivity contribution in [1.29, 1.82) is 0 Å². The predicted molar refractivity (Wildman–Crippen MR) is 123 cm³/mol. The zero-order valence-electron chi connectivity index (χ0n) is 18.2. The lowest BCUT2D eigenvalue weighted by atomic mass is 10.1. The maximum atomic E-state index is 14.0. The van der Waals surface area contributed by atoms with Crippen LogP contribution in [0.1, 0.15) is 42.6 Å². The molecule has 33 heavy (non-hydrogen) atoms. The Hall–Kier alpha value is -3.78. The third-order valence-electron chi connectivity index (χ3n) is 5.25. The fourth-order valence-electron chi connectivity index (χ4n) is 3.28. The summed E-state index contributed by atoms with van der Waals surface area (Å²) in [7, 11) is 0. The van der Waals surface area contributed by atoms with E-state index < -0.39 is 11.7 Å². The molecular formula is C25H22FN3O3S. The van der Waals surface area contributed by atoms with Crippen LogP contribution in [0.15, 0.2) is 76.3 Å². The van der Waals surface area contributed by atoms with Crippen molar-refractivity contribution in [3.63, 3.8) is 0 Å². The largest absolute Gasteiger partial charge is 0.467 e. The number of nitrogens with zero attached hydrogens (tertiary/aromatic N) is 2. The van der Waals surface area contributed by atoms with Crippen LogP contribution in [0.25, 0.3) is 0 Å². The first-order chi connectivity index (χ1) is 15.9. The minimum Gasteiger partial charge on any atom is -0.467 e. The highest BCUT2D eigenvalue weighted by molar-refractivity contribution is 7.09. The summed E-state index contributed by atoms with van der Waals surface area (Å²) in [5, 5.41) is 2.81. The van der Waals surface area contributed by atoms with Gasteiger partial charge in [-0.05, 0) is 55.8 Å². The molecule has 0 aliphatic rings. The van der Waals surface area contributed by atoms with Crippen LogP contribution in [0.5, 0.6) is 0 Å². The molecule has 1 N–H and O–H groups in total. The standard InChI is InChI=1S/C25H22FN3O3S/c1-16-17(2)33-25(28-24(31)21-7-3-4-8-22(21)26)29(16)15-18-9-11-19(12-10-18)23(30)27-14-20-6-5-13-32-20/h3-13H,14-15H2,1-2H3,(H,27,30). The molecule has 0 aliphatic carbocycles. The monoisotopic (exact) mass is 463 g/mol. The van der Waals surface area contributed by atoms with Crippen molar-refractivity contribution >= 4 is 23.2 Å². The van der Waals surface area contributed by atoms with Gasteiger partial charge < -0.3 is 14.3 Å². The minimum atomic E-state index is -0.619. The number of furan rings is 1. The first-order valence-electron chi connectivity index (χ1n) is 10.3. The first kappa shape index (κ1) is 22.4. The van der Waals surface area contributed by atoms with Gasteiger partial charge in [-0.3, -0.25) is 9.59 Å². The normalized spacial score (nSPS) is 11.5. The SMILES string of the molecule is Cc1sc(=NC(=O)c2ccccc2F)n(Cc2ccc(C(=O)NCc3ccco3)cc2)c1C. The van der Waals surface area contributed by atoms with E-state index in [2.05, 4.69) is 10.3 Å². The minimum absolute atomic E-state index is 0.0577. The Bertz CT molecular complexity index is 1350. The molecule has 168 valence electrons. The van der Waals surface area contributed by atoms with Gasteiger partial charge in [-0.2, -0.15) is 4.99 Å². The number of rotatable bonds is 6. The molecule has 8 heteroatoms. The fourth-order valence-corrected chi connectivity index (χ4v) is 4.25. The topological polar surface area (TPSA) is 76.6 Å². The van der Waals surface area contributed by atoms with Crippen molar-refractivity contribution < 1.29 is 18.4 Å². The van der Waals surface area contributed by atoms with E-state index >= 15 is 0 Å². The van der Waals surface area contributed by atoms with Crippen molar-refractivity contribution in [2.45, 2.75) is 26.9 Å². The molecule has 0 fully saturated rings. The highest BCUT2D eigenvalue weighted by Crippen LogP contribution is 2.14. The van der Waals surface area contributed by atoms with Crippen LogP contribution in [0.2, 0.25) is 0 Å². The van der Waals surface area contributed by atoms with Gasteiger partial charge in [0.1, 0.15) is 11.6 Å². The van der Waals surface area contributed by atoms with Gasteiger partial charge >= 0.3 is 0 Å². The smallest absolute Gasteiger partial charge is 0.282 e. The van der Waals surface area contributed by atoms with Crippen LogP contribution < -0.4 is 10.1 Å². The average Bonchev–Trinajstić information content (AvgIpc) is 3.42. The molecule has 0 aliphatic heterocycles. The van der Waals surface area contributed by atoms with E-state index in [0.717, 1.165) is 16.1 Å². The van der Waals surface area contributed by atoms with E-state index in [1.165, 1.54) is 29.5 Å². The Labute approximate surface area is 194 Å². The van der Waals surface area contributed by atoms with Crippen LogP contribution >= 0.6 is 11.3 Å². The van der Waals surface area contributed by atoms with Crippen LogP contribution in [0, 0.1) is 19.7 Å². The molecule has 4 rings (SSSR count). The van der Waals surface area contributed by atoms with Crippen LogP contribution in [-0.4, -0.2) is 16.4 Å². The number of carbonyl (C=O) groups is 2. The Morgan fingerprint density at radius 2 is 1.82 bits per heavy atom. The maximum Gasteiger partial charge on any atom is 0.282 e. The maximum absolute atomic E-state index is 14.0. The summed E-state index contributed by atoms with van der Waals surface area (Å²) in [6, 6.07) is 16.6. The number of halogens is 1. The fraction of sp³-hybridized carbons (Fsp3) is 0.160.